The maximum absolute atomic E-state index is 11.3. The maximum Gasteiger partial charge on any atom is 0.277 e. The van der Waals surface area contributed by atoms with E-state index in [0.717, 1.165) is 15.4 Å². The predicted octanol–water partition coefficient (Wildman–Crippen LogP) is 6.39. The van der Waals surface area contributed by atoms with Gasteiger partial charge in [-0.2, -0.15) is 0 Å². The molecule has 5 heteroatoms. The number of nitro benzene ring substituents is 1. The zero-order valence-corrected chi connectivity index (χ0v) is 14.2. The van der Waals surface area contributed by atoms with Crippen molar-refractivity contribution in [2.75, 3.05) is 0 Å². The van der Waals surface area contributed by atoms with E-state index in [2.05, 4.69) is 28.1 Å². The van der Waals surface area contributed by atoms with E-state index in [1.165, 1.54) is 20.9 Å². The van der Waals surface area contributed by atoms with Gasteiger partial charge in [0, 0.05) is 30.7 Å². The molecule has 0 amide bonds. The van der Waals surface area contributed by atoms with Gasteiger partial charge in [-0.1, -0.05) is 40.2 Å². The Morgan fingerprint density at radius 1 is 0.913 bits per heavy atom. The summed E-state index contributed by atoms with van der Waals surface area (Å²) in [4.78, 5) is 11.0. The van der Waals surface area contributed by atoms with Crippen molar-refractivity contribution in [3.8, 4) is 11.1 Å². The van der Waals surface area contributed by atoms with Crippen molar-refractivity contribution in [1.29, 1.82) is 0 Å². The predicted molar refractivity (Wildman–Crippen MR) is 99.1 cm³/mol. The Kier molecular flexibility index (Phi) is 3.39. The Labute approximate surface area is 144 Å². The van der Waals surface area contributed by atoms with Gasteiger partial charge in [-0.05, 0) is 35.9 Å². The summed E-state index contributed by atoms with van der Waals surface area (Å²) in [5.41, 5.74) is 1.60. The molecule has 0 saturated heterocycles. The Morgan fingerprint density at radius 2 is 1.70 bits per heavy atom. The number of fused-ring (bicyclic) bond motifs is 3. The number of rotatable bonds is 2. The Morgan fingerprint density at radius 3 is 2.52 bits per heavy atom. The lowest BCUT2D eigenvalue weighted by Gasteiger charge is -2.05. The molecule has 0 bridgehead atoms. The van der Waals surface area contributed by atoms with Crippen molar-refractivity contribution in [2.24, 2.45) is 0 Å². The third-order valence-corrected chi connectivity index (χ3v) is 5.49. The van der Waals surface area contributed by atoms with Crippen LogP contribution in [0.4, 0.5) is 5.69 Å². The van der Waals surface area contributed by atoms with Crippen LogP contribution in [0.5, 0.6) is 0 Å². The molecule has 1 heterocycles. The zero-order chi connectivity index (χ0) is 16.0. The Bertz CT molecular complexity index is 1070. The lowest BCUT2D eigenvalue weighted by molar-refractivity contribution is -0.384. The molecule has 1 aromatic heterocycles. The molecule has 0 atom stereocenters. The highest BCUT2D eigenvalue weighted by molar-refractivity contribution is 9.10. The molecule has 0 aliphatic heterocycles. The van der Waals surface area contributed by atoms with Gasteiger partial charge in [0.05, 0.1) is 10.5 Å². The SMILES string of the molecule is O=[N+]([O-])c1ccc(Br)cc1-c1ccc2sc3ccccc3c2c1. The lowest BCUT2D eigenvalue weighted by Crippen LogP contribution is -1.91. The fourth-order valence-electron chi connectivity index (χ4n) is 2.79. The third-order valence-electron chi connectivity index (χ3n) is 3.84. The Hall–Kier alpha value is -2.24. The van der Waals surface area contributed by atoms with Crippen LogP contribution in [0.3, 0.4) is 0 Å². The van der Waals surface area contributed by atoms with Gasteiger partial charge in [-0.15, -0.1) is 11.3 Å². The molecule has 0 saturated carbocycles. The zero-order valence-electron chi connectivity index (χ0n) is 11.8. The van der Waals surface area contributed by atoms with Gasteiger partial charge in [0.25, 0.3) is 5.69 Å². The highest BCUT2D eigenvalue weighted by Gasteiger charge is 2.16. The summed E-state index contributed by atoms with van der Waals surface area (Å²) in [6.07, 6.45) is 0. The normalized spacial score (nSPS) is 11.2. The molecule has 3 aromatic carbocycles. The summed E-state index contributed by atoms with van der Waals surface area (Å²) in [7, 11) is 0. The average Bonchev–Trinajstić information content (AvgIpc) is 2.92. The van der Waals surface area contributed by atoms with Crippen LogP contribution in [0.2, 0.25) is 0 Å². The maximum atomic E-state index is 11.3. The number of nitrogens with zero attached hydrogens (tertiary/aromatic N) is 1. The minimum absolute atomic E-state index is 0.118. The van der Waals surface area contributed by atoms with Crippen LogP contribution in [0.25, 0.3) is 31.3 Å². The molecule has 0 spiro atoms. The number of benzene rings is 3. The summed E-state index contributed by atoms with van der Waals surface area (Å²) in [6.45, 7) is 0. The fourth-order valence-corrected chi connectivity index (χ4v) is 4.24. The summed E-state index contributed by atoms with van der Waals surface area (Å²) >= 11 is 5.14. The summed E-state index contributed by atoms with van der Waals surface area (Å²) in [5.74, 6) is 0. The summed E-state index contributed by atoms with van der Waals surface area (Å²) < 4.78 is 3.24. The highest BCUT2D eigenvalue weighted by atomic mass is 79.9. The number of nitro groups is 1. The first kappa shape index (κ1) is 14.4. The minimum Gasteiger partial charge on any atom is -0.258 e. The second kappa shape index (κ2) is 5.44. The van der Waals surface area contributed by atoms with E-state index in [9.17, 15) is 10.1 Å². The van der Waals surface area contributed by atoms with Crippen molar-refractivity contribution in [3.63, 3.8) is 0 Å². The van der Waals surface area contributed by atoms with Crippen molar-refractivity contribution >= 4 is 53.1 Å². The molecule has 23 heavy (non-hydrogen) atoms. The second-order valence-corrected chi connectivity index (χ2v) is 7.23. The van der Waals surface area contributed by atoms with Gasteiger partial charge in [-0.25, -0.2) is 0 Å². The monoisotopic (exact) mass is 383 g/mol. The topological polar surface area (TPSA) is 43.1 Å². The summed E-state index contributed by atoms with van der Waals surface area (Å²) in [6, 6.07) is 19.3. The molecule has 0 aliphatic rings. The van der Waals surface area contributed by atoms with Crippen LogP contribution in [-0.2, 0) is 0 Å². The van der Waals surface area contributed by atoms with Crippen LogP contribution in [0.15, 0.2) is 65.1 Å². The molecule has 0 aliphatic carbocycles. The van der Waals surface area contributed by atoms with Gasteiger partial charge < -0.3 is 0 Å². The van der Waals surface area contributed by atoms with Crippen molar-refractivity contribution in [3.05, 3.63) is 75.3 Å². The standard InChI is InChI=1S/C18H10BrNO2S/c19-12-6-7-16(20(21)22)14(10-12)11-5-8-18-15(9-11)13-3-1-2-4-17(13)23-18/h1-10H. The van der Waals surface area contributed by atoms with E-state index in [1.54, 1.807) is 23.5 Å². The number of hydrogen-bond acceptors (Lipinski definition) is 3. The molecule has 0 unspecified atom stereocenters. The van der Waals surface area contributed by atoms with E-state index < -0.39 is 0 Å². The quantitative estimate of drug-likeness (QED) is 0.297. The Balaban J connectivity index is 2.01. The van der Waals surface area contributed by atoms with E-state index >= 15 is 0 Å². The van der Waals surface area contributed by atoms with Crippen molar-refractivity contribution in [2.45, 2.75) is 0 Å². The van der Waals surface area contributed by atoms with Crippen LogP contribution in [0, 0.1) is 10.1 Å². The molecular formula is C18H10BrNO2S. The highest BCUT2D eigenvalue weighted by Crippen LogP contribution is 2.38. The van der Waals surface area contributed by atoms with Crippen LogP contribution in [-0.4, -0.2) is 4.92 Å². The van der Waals surface area contributed by atoms with E-state index in [4.69, 9.17) is 0 Å². The number of thiophene rings is 1. The minimum atomic E-state index is -0.336. The van der Waals surface area contributed by atoms with Gasteiger partial charge in [-0.3, -0.25) is 10.1 Å². The van der Waals surface area contributed by atoms with E-state index in [1.807, 2.05) is 30.3 Å². The van der Waals surface area contributed by atoms with Crippen LogP contribution < -0.4 is 0 Å². The smallest absolute Gasteiger partial charge is 0.258 e. The molecule has 4 aromatic rings. The fraction of sp³-hybridized carbons (Fsp3) is 0. The average molecular weight is 384 g/mol. The molecular weight excluding hydrogens is 374 g/mol. The number of hydrogen-bond donors (Lipinski definition) is 0. The largest absolute Gasteiger partial charge is 0.277 e. The van der Waals surface area contributed by atoms with Crippen molar-refractivity contribution in [1.82, 2.24) is 0 Å². The van der Waals surface area contributed by atoms with Gasteiger partial charge in [0.15, 0.2) is 0 Å². The first-order chi connectivity index (χ1) is 11.1. The molecule has 0 fully saturated rings. The molecule has 0 N–H and O–H groups in total. The number of halogens is 1. The molecule has 3 nitrogen and oxygen atoms in total. The van der Waals surface area contributed by atoms with E-state index in [0.29, 0.717) is 5.56 Å². The van der Waals surface area contributed by atoms with Crippen molar-refractivity contribution < 1.29 is 4.92 Å². The van der Waals surface area contributed by atoms with Crippen LogP contribution >= 0.6 is 27.3 Å². The molecule has 112 valence electrons. The van der Waals surface area contributed by atoms with Crippen LogP contribution in [0.1, 0.15) is 0 Å². The van der Waals surface area contributed by atoms with Gasteiger partial charge in [0.1, 0.15) is 0 Å². The first-order valence-electron chi connectivity index (χ1n) is 6.99. The first-order valence-corrected chi connectivity index (χ1v) is 8.60. The molecule has 4 rings (SSSR count). The third kappa shape index (κ3) is 2.42. The van der Waals surface area contributed by atoms with Gasteiger partial charge >= 0.3 is 0 Å². The lowest BCUT2D eigenvalue weighted by atomic mass is 10.0. The summed E-state index contributed by atoms with van der Waals surface area (Å²) in [5, 5.41) is 13.6. The second-order valence-electron chi connectivity index (χ2n) is 5.23. The molecule has 0 radical (unpaired) electrons. The van der Waals surface area contributed by atoms with Gasteiger partial charge in [0.2, 0.25) is 0 Å². The van der Waals surface area contributed by atoms with E-state index in [-0.39, 0.29) is 10.6 Å².